The Morgan fingerprint density at radius 2 is 1.88 bits per heavy atom. The molecule has 0 N–H and O–H groups in total. The number of carbonyl (C=O) groups is 1. The summed E-state index contributed by atoms with van der Waals surface area (Å²) >= 11 is 1.52. The largest absolute Gasteiger partial charge is 0.337 e. The molecule has 1 fully saturated rings. The van der Waals surface area contributed by atoms with E-state index in [9.17, 15) is 4.79 Å². The number of rotatable bonds is 1. The number of amides is 1. The third-order valence-corrected chi connectivity index (χ3v) is 5.86. The maximum atomic E-state index is 12.9. The maximum absolute atomic E-state index is 12.9. The number of thiophene rings is 1. The van der Waals surface area contributed by atoms with Gasteiger partial charge in [0.2, 0.25) is 0 Å². The van der Waals surface area contributed by atoms with Gasteiger partial charge in [0, 0.05) is 23.9 Å². The summed E-state index contributed by atoms with van der Waals surface area (Å²) in [5, 5.41) is 2.20. The molecule has 0 unspecified atom stereocenters. The second-order valence-electron chi connectivity index (χ2n) is 7.35. The molecule has 124 valence electrons. The van der Waals surface area contributed by atoms with E-state index in [1.807, 2.05) is 11.0 Å². The predicted molar refractivity (Wildman–Crippen MR) is 101 cm³/mol. The highest BCUT2D eigenvalue weighted by Crippen LogP contribution is 2.30. The summed E-state index contributed by atoms with van der Waals surface area (Å²) in [6, 6.07) is 10.5. The second-order valence-corrected chi connectivity index (χ2v) is 8.38. The summed E-state index contributed by atoms with van der Waals surface area (Å²) in [7, 11) is 0. The molecule has 2 atom stereocenters. The van der Waals surface area contributed by atoms with E-state index in [1.165, 1.54) is 23.3 Å². The van der Waals surface area contributed by atoms with Gasteiger partial charge in [-0.1, -0.05) is 26.0 Å². The van der Waals surface area contributed by atoms with Gasteiger partial charge in [-0.2, -0.15) is 0 Å². The molecule has 1 aromatic carbocycles. The van der Waals surface area contributed by atoms with E-state index in [-0.39, 0.29) is 5.91 Å². The van der Waals surface area contributed by atoms with Crippen molar-refractivity contribution in [2.24, 2.45) is 11.8 Å². The van der Waals surface area contributed by atoms with Crippen LogP contribution in [0.2, 0.25) is 0 Å². The van der Waals surface area contributed by atoms with Crippen LogP contribution >= 0.6 is 11.3 Å². The fourth-order valence-corrected chi connectivity index (χ4v) is 4.82. The number of likely N-dealkylation sites (tertiary alicyclic amines) is 1. The van der Waals surface area contributed by atoms with Crippen molar-refractivity contribution in [1.82, 2.24) is 9.88 Å². The number of pyridine rings is 1. The van der Waals surface area contributed by atoms with Gasteiger partial charge in [0.25, 0.3) is 5.91 Å². The molecule has 24 heavy (non-hydrogen) atoms. The van der Waals surface area contributed by atoms with Gasteiger partial charge in [-0.05, 0) is 48.9 Å². The van der Waals surface area contributed by atoms with Crippen LogP contribution in [0.25, 0.3) is 21.1 Å². The van der Waals surface area contributed by atoms with Gasteiger partial charge in [0.05, 0.1) is 10.4 Å². The van der Waals surface area contributed by atoms with Crippen molar-refractivity contribution in [3.05, 3.63) is 40.8 Å². The van der Waals surface area contributed by atoms with Crippen molar-refractivity contribution < 1.29 is 4.79 Å². The molecule has 0 aliphatic carbocycles. The highest BCUT2D eigenvalue weighted by Gasteiger charge is 2.27. The van der Waals surface area contributed by atoms with Gasteiger partial charge < -0.3 is 4.90 Å². The zero-order valence-corrected chi connectivity index (χ0v) is 15.2. The third kappa shape index (κ3) is 2.80. The first-order valence-corrected chi connectivity index (χ1v) is 9.41. The number of piperidine rings is 1. The van der Waals surface area contributed by atoms with Crippen molar-refractivity contribution >= 4 is 38.4 Å². The first kappa shape index (κ1) is 15.6. The van der Waals surface area contributed by atoms with Crippen LogP contribution in [0, 0.1) is 18.8 Å². The van der Waals surface area contributed by atoms with E-state index in [0.29, 0.717) is 11.8 Å². The van der Waals surface area contributed by atoms with Crippen LogP contribution in [-0.2, 0) is 0 Å². The second kappa shape index (κ2) is 5.85. The smallest absolute Gasteiger partial charge is 0.264 e. The minimum absolute atomic E-state index is 0.164. The molecule has 0 saturated carbocycles. The van der Waals surface area contributed by atoms with E-state index in [4.69, 9.17) is 4.98 Å². The summed E-state index contributed by atoms with van der Waals surface area (Å²) < 4.78 is 0. The van der Waals surface area contributed by atoms with Crippen molar-refractivity contribution in [2.45, 2.75) is 27.2 Å². The van der Waals surface area contributed by atoms with Crippen molar-refractivity contribution in [3.8, 4) is 0 Å². The molecule has 0 bridgehead atoms. The predicted octanol–water partition coefficient (Wildman–Crippen LogP) is 4.88. The van der Waals surface area contributed by atoms with E-state index >= 15 is 0 Å². The van der Waals surface area contributed by atoms with Crippen LogP contribution in [0.4, 0.5) is 0 Å². The quantitative estimate of drug-likeness (QED) is 0.634. The summed E-state index contributed by atoms with van der Waals surface area (Å²) in [5.74, 6) is 1.32. The van der Waals surface area contributed by atoms with Crippen LogP contribution in [0.3, 0.4) is 0 Å². The van der Waals surface area contributed by atoms with Crippen LogP contribution in [0.1, 0.15) is 35.5 Å². The Hall–Kier alpha value is -1.94. The van der Waals surface area contributed by atoms with E-state index in [2.05, 4.69) is 45.0 Å². The van der Waals surface area contributed by atoms with Gasteiger partial charge in [0.1, 0.15) is 4.83 Å². The van der Waals surface area contributed by atoms with Crippen molar-refractivity contribution in [3.63, 3.8) is 0 Å². The normalized spacial score (nSPS) is 21.5. The molecule has 3 aromatic rings. The first-order chi connectivity index (χ1) is 11.5. The fourth-order valence-electron chi connectivity index (χ4n) is 3.83. The minimum atomic E-state index is 0.164. The summed E-state index contributed by atoms with van der Waals surface area (Å²) in [5.41, 5.74) is 2.21. The Morgan fingerprint density at radius 3 is 2.62 bits per heavy atom. The van der Waals surface area contributed by atoms with Gasteiger partial charge in [-0.15, -0.1) is 11.3 Å². The van der Waals surface area contributed by atoms with Crippen LogP contribution in [0.15, 0.2) is 30.3 Å². The Kier molecular flexibility index (Phi) is 3.80. The lowest BCUT2D eigenvalue weighted by Crippen LogP contribution is -2.42. The van der Waals surface area contributed by atoms with Crippen LogP contribution in [0.5, 0.6) is 0 Å². The first-order valence-electron chi connectivity index (χ1n) is 8.60. The molecule has 1 saturated heterocycles. The van der Waals surface area contributed by atoms with E-state index < -0.39 is 0 Å². The van der Waals surface area contributed by atoms with E-state index in [0.717, 1.165) is 39.1 Å². The molecule has 1 aliphatic rings. The number of aromatic nitrogens is 1. The van der Waals surface area contributed by atoms with Gasteiger partial charge >= 0.3 is 0 Å². The summed E-state index contributed by atoms with van der Waals surface area (Å²) in [6.07, 6.45) is 1.21. The molecule has 0 radical (unpaired) electrons. The number of fused-ring (bicyclic) bond motifs is 2. The average Bonchev–Trinajstić information content (AvgIpc) is 2.93. The number of benzene rings is 1. The molecule has 0 spiro atoms. The Balaban J connectivity index is 1.71. The highest BCUT2D eigenvalue weighted by atomic mass is 32.1. The van der Waals surface area contributed by atoms with Gasteiger partial charge in [-0.3, -0.25) is 4.79 Å². The van der Waals surface area contributed by atoms with Crippen molar-refractivity contribution in [2.75, 3.05) is 13.1 Å². The number of aryl methyl sites for hydroxylation is 1. The lowest BCUT2D eigenvalue weighted by atomic mass is 9.92. The SMILES string of the molecule is Cc1ccc2cc3cc(C(=O)N4C[C@@H](C)C[C@H](C)C4)sc3nc2c1. The molecular formula is C20H22N2OS. The number of nitrogens with zero attached hydrogens (tertiary/aromatic N) is 2. The average molecular weight is 338 g/mol. The Bertz CT molecular complexity index is 920. The zero-order chi connectivity index (χ0) is 16.8. The maximum Gasteiger partial charge on any atom is 0.264 e. The Labute approximate surface area is 146 Å². The lowest BCUT2D eigenvalue weighted by molar-refractivity contribution is 0.0628. The fraction of sp³-hybridized carbons (Fsp3) is 0.400. The monoisotopic (exact) mass is 338 g/mol. The van der Waals surface area contributed by atoms with Crippen LogP contribution in [-0.4, -0.2) is 28.9 Å². The molecule has 4 heteroatoms. The molecule has 1 amide bonds. The van der Waals surface area contributed by atoms with E-state index in [1.54, 1.807) is 0 Å². The van der Waals surface area contributed by atoms with Gasteiger partial charge in [-0.25, -0.2) is 4.98 Å². The lowest BCUT2D eigenvalue weighted by Gasteiger charge is -2.34. The molecule has 4 rings (SSSR count). The third-order valence-electron chi connectivity index (χ3n) is 4.83. The molecule has 3 nitrogen and oxygen atoms in total. The number of hydrogen-bond acceptors (Lipinski definition) is 3. The molecule has 1 aliphatic heterocycles. The highest BCUT2D eigenvalue weighted by molar-refractivity contribution is 7.20. The zero-order valence-electron chi connectivity index (χ0n) is 14.4. The Morgan fingerprint density at radius 1 is 1.12 bits per heavy atom. The molecule has 2 aromatic heterocycles. The summed E-state index contributed by atoms with van der Waals surface area (Å²) in [4.78, 5) is 21.5. The topological polar surface area (TPSA) is 33.2 Å². The number of hydrogen-bond donors (Lipinski definition) is 0. The van der Waals surface area contributed by atoms with Crippen LogP contribution < -0.4 is 0 Å². The molecule has 3 heterocycles. The summed E-state index contributed by atoms with van der Waals surface area (Å²) in [6.45, 7) is 8.28. The van der Waals surface area contributed by atoms with Crippen molar-refractivity contribution in [1.29, 1.82) is 0 Å². The standard InChI is InChI=1S/C20H22N2OS/c1-12-4-5-15-8-16-9-18(24-19(16)21-17(15)7-12)20(23)22-10-13(2)6-14(3)11-22/h4-5,7-9,13-14H,6,10-11H2,1-3H3/t13-,14-/m0/s1. The molecular weight excluding hydrogens is 316 g/mol. The van der Waals surface area contributed by atoms with Gasteiger partial charge in [0.15, 0.2) is 0 Å². The minimum Gasteiger partial charge on any atom is -0.337 e. The number of carbonyl (C=O) groups excluding carboxylic acids is 1.